The van der Waals surface area contributed by atoms with Crippen molar-refractivity contribution >= 4 is 40.0 Å². The Hall–Kier alpha value is -3.00. The Bertz CT molecular complexity index is 1780. The third kappa shape index (κ3) is 6.05. The number of piperidine rings is 1. The average molecular weight is 621 g/mol. The van der Waals surface area contributed by atoms with E-state index in [0.29, 0.717) is 42.4 Å². The number of rotatable bonds is 8. The number of hydrogen-bond acceptors (Lipinski definition) is 5. The van der Waals surface area contributed by atoms with Crippen molar-refractivity contribution in [3.63, 3.8) is 0 Å². The summed E-state index contributed by atoms with van der Waals surface area (Å²) in [5.74, 6) is 0.0267. The fourth-order valence-corrected chi connectivity index (χ4v) is 7.68. The summed E-state index contributed by atoms with van der Waals surface area (Å²) < 4.78 is 78.1. The molecule has 0 saturated carbocycles. The highest BCUT2D eigenvalue weighted by atomic mass is 32.2. The van der Waals surface area contributed by atoms with Crippen LogP contribution in [0.1, 0.15) is 24.9 Å². The minimum atomic E-state index is -4.66. The summed E-state index contributed by atoms with van der Waals surface area (Å²) in [6.45, 7) is 10.0. The van der Waals surface area contributed by atoms with Crippen LogP contribution in [0.5, 0.6) is 0 Å². The van der Waals surface area contributed by atoms with Crippen LogP contribution in [0.2, 0.25) is 25.7 Å². The molecule has 0 bridgehead atoms. The van der Waals surface area contributed by atoms with E-state index >= 15 is 0 Å². The second-order valence-electron chi connectivity index (χ2n) is 12.2. The van der Waals surface area contributed by atoms with E-state index in [4.69, 9.17) is 4.74 Å². The van der Waals surface area contributed by atoms with Crippen molar-refractivity contribution in [2.45, 2.75) is 62.9 Å². The molecule has 8 nitrogen and oxygen atoms in total. The molecular formula is C29H35F3N4O4SSi. The van der Waals surface area contributed by atoms with Gasteiger partial charge in [-0.25, -0.2) is 13.4 Å². The molecule has 0 N–H and O–H groups in total. The first kappa shape index (κ1) is 30.5. The lowest BCUT2D eigenvalue weighted by Gasteiger charge is -2.38. The van der Waals surface area contributed by atoms with E-state index in [0.717, 1.165) is 23.6 Å². The molecule has 1 aromatic carbocycles. The van der Waals surface area contributed by atoms with Crippen molar-refractivity contribution in [2.75, 3.05) is 19.7 Å². The number of aromatic nitrogens is 3. The summed E-state index contributed by atoms with van der Waals surface area (Å²) in [4.78, 5) is 17.1. The Kier molecular flexibility index (Phi) is 8.16. The van der Waals surface area contributed by atoms with Gasteiger partial charge in [0, 0.05) is 57.8 Å². The van der Waals surface area contributed by atoms with E-state index < -0.39 is 34.7 Å². The predicted octanol–water partition coefficient (Wildman–Crippen LogP) is 5.95. The van der Waals surface area contributed by atoms with E-state index in [1.54, 1.807) is 12.4 Å². The van der Waals surface area contributed by atoms with Crippen molar-refractivity contribution in [3.8, 4) is 0 Å². The van der Waals surface area contributed by atoms with Gasteiger partial charge in [0.1, 0.15) is 12.4 Å². The molecule has 0 radical (unpaired) electrons. The minimum absolute atomic E-state index is 0.0267. The summed E-state index contributed by atoms with van der Waals surface area (Å²) in [5.41, 5.74) is 0.0720. The number of ether oxygens (including phenoxy) is 1. The molecule has 1 aliphatic heterocycles. The van der Waals surface area contributed by atoms with Crippen LogP contribution >= 0.6 is 0 Å². The maximum atomic E-state index is 13.5. The van der Waals surface area contributed by atoms with Gasteiger partial charge in [-0.3, -0.25) is 4.79 Å². The highest BCUT2D eigenvalue weighted by Gasteiger charge is 2.37. The lowest BCUT2D eigenvalue weighted by atomic mass is 9.94. The number of halogens is 3. The van der Waals surface area contributed by atoms with Crippen LogP contribution < -0.4 is 5.43 Å². The molecule has 42 heavy (non-hydrogen) atoms. The van der Waals surface area contributed by atoms with Gasteiger partial charge in [0.2, 0.25) is 10.0 Å². The molecule has 1 aliphatic rings. The van der Waals surface area contributed by atoms with Crippen molar-refractivity contribution in [2.24, 2.45) is 5.92 Å². The molecule has 226 valence electrons. The topological polar surface area (TPSA) is 86.4 Å². The molecule has 0 aliphatic carbocycles. The molecule has 2 atom stereocenters. The molecule has 1 fully saturated rings. The molecule has 5 rings (SSSR count). The van der Waals surface area contributed by atoms with Crippen LogP contribution in [0.3, 0.4) is 0 Å². The van der Waals surface area contributed by atoms with Crippen LogP contribution in [-0.4, -0.2) is 54.6 Å². The average Bonchev–Trinajstić information content (AvgIpc) is 3.34. The van der Waals surface area contributed by atoms with E-state index in [1.807, 2.05) is 28.3 Å². The second-order valence-corrected chi connectivity index (χ2v) is 19.8. The normalized spacial score (nSPS) is 19.1. The Labute approximate surface area is 243 Å². The van der Waals surface area contributed by atoms with Gasteiger partial charge in [-0.1, -0.05) is 32.6 Å². The van der Waals surface area contributed by atoms with Crippen molar-refractivity contribution in [3.05, 3.63) is 70.8 Å². The van der Waals surface area contributed by atoms with Gasteiger partial charge < -0.3 is 13.9 Å². The first-order valence-corrected chi connectivity index (χ1v) is 19.1. The van der Waals surface area contributed by atoms with Crippen molar-refractivity contribution in [1.29, 1.82) is 0 Å². The minimum Gasteiger partial charge on any atom is -0.361 e. The van der Waals surface area contributed by atoms with Crippen LogP contribution in [0, 0.1) is 5.92 Å². The summed E-state index contributed by atoms with van der Waals surface area (Å²) >= 11 is 0. The Morgan fingerprint density at radius 2 is 1.86 bits per heavy atom. The molecule has 13 heteroatoms. The lowest BCUT2D eigenvalue weighted by Crippen LogP contribution is -2.44. The zero-order chi connectivity index (χ0) is 30.4. The summed E-state index contributed by atoms with van der Waals surface area (Å²) in [5, 5.41) is 1.15. The van der Waals surface area contributed by atoms with E-state index in [1.165, 1.54) is 16.4 Å². The zero-order valence-corrected chi connectivity index (χ0v) is 25.9. The largest absolute Gasteiger partial charge is 0.416 e. The predicted molar refractivity (Wildman–Crippen MR) is 159 cm³/mol. The number of benzene rings is 1. The third-order valence-electron chi connectivity index (χ3n) is 7.94. The molecule has 3 aromatic heterocycles. The third-order valence-corrected chi connectivity index (χ3v) is 11.5. The standard InChI is InChI=1S/C29H35F3N4O4SSi/c1-20-8-12-35(41(38,39)22-7-5-6-21(16-22)29(30,31)32)18-25(20)36-13-10-26(37)24-17-33-28-23(27(24)36)9-11-34(28)19-40-14-15-42(2,3)4/h5-7,9-11,13,16-17,20,25H,8,12,14-15,18-19H2,1-4H3/t20-,25+/m1/s1. The number of hydrogen-bond donors (Lipinski definition) is 0. The molecule has 0 amide bonds. The monoisotopic (exact) mass is 620 g/mol. The van der Waals surface area contributed by atoms with Gasteiger partial charge in [0.05, 0.1) is 27.4 Å². The number of nitrogens with zero attached hydrogens (tertiary/aromatic N) is 4. The smallest absolute Gasteiger partial charge is 0.361 e. The highest BCUT2D eigenvalue weighted by Crippen LogP contribution is 2.36. The summed E-state index contributed by atoms with van der Waals surface area (Å²) in [7, 11) is -5.45. The maximum absolute atomic E-state index is 13.5. The number of sulfonamides is 1. The second kappa shape index (κ2) is 11.2. The van der Waals surface area contributed by atoms with Gasteiger partial charge in [-0.2, -0.15) is 17.5 Å². The molecule has 4 aromatic rings. The molecule has 0 unspecified atom stereocenters. The van der Waals surface area contributed by atoms with Gasteiger partial charge in [0.25, 0.3) is 0 Å². The van der Waals surface area contributed by atoms with E-state index in [2.05, 4.69) is 24.6 Å². The van der Waals surface area contributed by atoms with Crippen LogP contribution in [-0.2, 0) is 27.7 Å². The molecular weight excluding hydrogens is 585 g/mol. The number of pyridine rings is 2. The molecule has 4 heterocycles. The molecule has 0 spiro atoms. The molecule has 1 saturated heterocycles. The SMILES string of the molecule is C[C@@H]1CCN(S(=O)(=O)c2cccc(C(F)(F)F)c2)C[C@@H]1n1ccc(=O)c2cnc3c(ccn3COCC[Si](C)(C)C)c21. The fourth-order valence-electron chi connectivity index (χ4n) is 5.40. The van der Waals surface area contributed by atoms with Gasteiger partial charge in [-0.15, -0.1) is 0 Å². The summed E-state index contributed by atoms with van der Waals surface area (Å²) in [6.07, 6.45) is 0.917. The van der Waals surface area contributed by atoms with E-state index in [9.17, 15) is 26.4 Å². The lowest BCUT2D eigenvalue weighted by molar-refractivity contribution is -0.137. The quantitative estimate of drug-likeness (QED) is 0.179. The Morgan fingerprint density at radius 1 is 1.10 bits per heavy atom. The zero-order valence-electron chi connectivity index (χ0n) is 24.1. The summed E-state index contributed by atoms with van der Waals surface area (Å²) in [6, 6.07) is 7.82. The Morgan fingerprint density at radius 3 is 2.57 bits per heavy atom. The Balaban J connectivity index is 1.51. The van der Waals surface area contributed by atoms with Gasteiger partial charge in [-0.05, 0) is 42.6 Å². The van der Waals surface area contributed by atoms with Crippen LogP contribution in [0.4, 0.5) is 13.2 Å². The number of alkyl halides is 3. The highest BCUT2D eigenvalue weighted by molar-refractivity contribution is 7.89. The van der Waals surface area contributed by atoms with E-state index in [-0.39, 0.29) is 30.5 Å². The van der Waals surface area contributed by atoms with Gasteiger partial charge in [0.15, 0.2) is 5.43 Å². The first-order chi connectivity index (χ1) is 19.7. The van der Waals surface area contributed by atoms with Crippen molar-refractivity contribution in [1.82, 2.24) is 18.4 Å². The first-order valence-electron chi connectivity index (χ1n) is 13.9. The fraction of sp³-hybridized carbons (Fsp3) is 0.448. The van der Waals surface area contributed by atoms with Crippen LogP contribution in [0.25, 0.3) is 21.9 Å². The number of fused-ring (bicyclic) bond motifs is 3. The van der Waals surface area contributed by atoms with Crippen molar-refractivity contribution < 1.29 is 26.3 Å². The van der Waals surface area contributed by atoms with Crippen LogP contribution in [0.15, 0.2) is 64.7 Å². The maximum Gasteiger partial charge on any atom is 0.416 e. The van der Waals surface area contributed by atoms with Gasteiger partial charge >= 0.3 is 6.18 Å².